The van der Waals surface area contributed by atoms with E-state index >= 15 is 0 Å². The maximum atomic E-state index is 12.3. The molecule has 2 aromatic carbocycles. The molecule has 128 valence electrons. The number of rotatable bonds is 4. The molecule has 0 fully saturated rings. The minimum absolute atomic E-state index is 0.0291. The molecule has 1 amide bonds. The second-order valence-corrected chi connectivity index (χ2v) is 6.53. The first-order valence-corrected chi connectivity index (χ1v) is 8.70. The van der Waals surface area contributed by atoms with E-state index in [1.807, 2.05) is 49.4 Å². The van der Waals surface area contributed by atoms with E-state index in [2.05, 4.69) is 21.2 Å². The van der Waals surface area contributed by atoms with Crippen LogP contribution in [0, 0.1) is 18.3 Å². The fraction of sp³-hybridized carbons (Fsp3) is 0.0476. The summed E-state index contributed by atoms with van der Waals surface area (Å²) in [6, 6.07) is 20.5. The van der Waals surface area contributed by atoms with E-state index in [0.717, 1.165) is 15.6 Å². The van der Waals surface area contributed by atoms with Gasteiger partial charge in [-0.2, -0.15) is 5.26 Å². The minimum atomic E-state index is -0.477. The molecule has 5 heteroatoms. The maximum absolute atomic E-state index is 12.3. The van der Waals surface area contributed by atoms with Crippen LogP contribution in [0.15, 0.2) is 75.1 Å². The molecule has 4 nitrogen and oxygen atoms in total. The number of halogens is 1. The molecule has 0 saturated carbocycles. The summed E-state index contributed by atoms with van der Waals surface area (Å²) >= 11 is 3.48. The van der Waals surface area contributed by atoms with E-state index in [1.54, 1.807) is 24.3 Å². The number of hydrogen-bond acceptors (Lipinski definition) is 3. The Morgan fingerprint density at radius 2 is 1.85 bits per heavy atom. The molecule has 0 atom stereocenters. The molecule has 0 unspecified atom stereocenters. The van der Waals surface area contributed by atoms with Crippen molar-refractivity contribution in [3.63, 3.8) is 0 Å². The number of nitriles is 1. The molecular formula is C21H15BrN2O2. The smallest absolute Gasteiger partial charge is 0.266 e. The Bertz CT molecular complexity index is 1010. The molecule has 0 aliphatic rings. The van der Waals surface area contributed by atoms with Gasteiger partial charge in [-0.15, -0.1) is 0 Å². The molecule has 1 N–H and O–H groups in total. The van der Waals surface area contributed by atoms with Crippen LogP contribution in [-0.4, -0.2) is 5.91 Å². The van der Waals surface area contributed by atoms with Crippen LogP contribution in [0.1, 0.15) is 11.3 Å². The number of furan rings is 1. The van der Waals surface area contributed by atoms with Gasteiger partial charge in [-0.25, -0.2) is 0 Å². The van der Waals surface area contributed by atoms with Crippen molar-refractivity contribution in [1.29, 1.82) is 5.26 Å². The van der Waals surface area contributed by atoms with E-state index in [4.69, 9.17) is 4.42 Å². The van der Waals surface area contributed by atoms with Crippen molar-refractivity contribution in [2.24, 2.45) is 0 Å². The van der Waals surface area contributed by atoms with Crippen molar-refractivity contribution in [3.05, 3.63) is 82.0 Å². The summed E-state index contributed by atoms with van der Waals surface area (Å²) in [4.78, 5) is 12.3. The molecule has 0 saturated heterocycles. The number of amides is 1. The minimum Gasteiger partial charge on any atom is -0.457 e. The number of hydrogen-bond donors (Lipinski definition) is 1. The van der Waals surface area contributed by atoms with Crippen LogP contribution >= 0.6 is 15.9 Å². The first-order chi connectivity index (χ1) is 12.6. The average molecular weight is 407 g/mol. The Kier molecular flexibility index (Phi) is 5.35. The molecule has 0 spiro atoms. The van der Waals surface area contributed by atoms with Crippen molar-refractivity contribution >= 4 is 33.6 Å². The van der Waals surface area contributed by atoms with E-state index < -0.39 is 5.91 Å². The van der Waals surface area contributed by atoms with Crippen LogP contribution in [0.5, 0.6) is 0 Å². The molecule has 1 heterocycles. The van der Waals surface area contributed by atoms with Crippen LogP contribution in [0.3, 0.4) is 0 Å². The zero-order chi connectivity index (χ0) is 18.5. The summed E-state index contributed by atoms with van der Waals surface area (Å²) in [5.74, 6) is 0.613. The Hall–Kier alpha value is -3.10. The third-order valence-electron chi connectivity index (χ3n) is 3.73. The predicted molar refractivity (Wildman–Crippen MR) is 105 cm³/mol. The molecule has 3 aromatic rings. The second-order valence-electron chi connectivity index (χ2n) is 5.67. The van der Waals surface area contributed by atoms with Crippen molar-refractivity contribution in [1.82, 2.24) is 0 Å². The lowest BCUT2D eigenvalue weighted by molar-refractivity contribution is -0.112. The summed E-state index contributed by atoms with van der Waals surface area (Å²) in [7, 11) is 0. The van der Waals surface area contributed by atoms with Gasteiger partial charge < -0.3 is 9.73 Å². The number of carbonyl (C=O) groups is 1. The Labute approximate surface area is 159 Å². The third kappa shape index (κ3) is 4.11. The van der Waals surface area contributed by atoms with Gasteiger partial charge in [-0.1, -0.05) is 51.8 Å². The summed E-state index contributed by atoms with van der Waals surface area (Å²) < 4.78 is 6.67. The molecule has 26 heavy (non-hydrogen) atoms. The van der Waals surface area contributed by atoms with E-state index in [1.165, 1.54) is 6.08 Å². The maximum Gasteiger partial charge on any atom is 0.266 e. The molecule has 0 bridgehead atoms. The quantitative estimate of drug-likeness (QED) is 0.455. The van der Waals surface area contributed by atoms with Crippen LogP contribution in [0.4, 0.5) is 5.69 Å². The fourth-order valence-corrected chi connectivity index (χ4v) is 2.84. The Morgan fingerprint density at radius 1 is 1.12 bits per heavy atom. The molecule has 0 aliphatic heterocycles. The van der Waals surface area contributed by atoms with Crippen LogP contribution in [0.2, 0.25) is 0 Å². The summed E-state index contributed by atoms with van der Waals surface area (Å²) in [6.45, 7) is 1.96. The number of carbonyl (C=O) groups excluding carboxylic acids is 1. The topological polar surface area (TPSA) is 66.0 Å². The van der Waals surface area contributed by atoms with Crippen molar-refractivity contribution in [2.45, 2.75) is 6.92 Å². The Morgan fingerprint density at radius 3 is 2.54 bits per heavy atom. The third-order valence-corrected chi connectivity index (χ3v) is 4.42. The van der Waals surface area contributed by atoms with Crippen LogP contribution in [-0.2, 0) is 4.79 Å². The number of nitrogens with zero attached hydrogens (tertiary/aromatic N) is 1. The van der Waals surface area contributed by atoms with Gasteiger partial charge in [0.25, 0.3) is 5.91 Å². The van der Waals surface area contributed by atoms with Gasteiger partial charge in [-0.05, 0) is 37.3 Å². The first-order valence-electron chi connectivity index (χ1n) is 7.91. The highest BCUT2D eigenvalue weighted by Crippen LogP contribution is 2.30. The SMILES string of the molecule is Cc1ccc(NC(=O)C(C#N)=Cc2ccc(-c3ccccc3Br)o2)cc1. The van der Waals surface area contributed by atoms with Gasteiger partial charge in [0, 0.05) is 21.8 Å². The molecule has 3 rings (SSSR count). The van der Waals surface area contributed by atoms with Crippen LogP contribution < -0.4 is 5.32 Å². The standard InChI is InChI=1S/C21H15BrN2O2/c1-14-6-8-16(9-7-14)24-21(25)15(13-23)12-17-10-11-20(26-17)18-4-2-3-5-19(18)22/h2-12H,1H3,(H,24,25). The molecule has 1 aromatic heterocycles. The van der Waals surface area contributed by atoms with Crippen LogP contribution in [0.25, 0.3) is 17.4 Å². The lowest BCUT2D eigenvalue weighted by Crippen LogP contribution is -2.13. The summed E-state index contributed by atoms with van der Waals surface area (Å²) in [6.07, 6.45) is 1.43. The monoisotopic (exact) mass is 406 g/mol. The number of anilines is 1. The highest BCUT2D eigenvalue weighted by molar-refractivity contribution is 9.10. The van der Waals surface area contributed by atoms with E-state index in [9.17, 15) is 10.1 Å². The van der Waals surface area contributed by atoms with Gasteiger partial charge in [0.2, 0.25) is 0 Å². The Balaban J connectivity index is 1.81. The number of aryl methyl sites for hydroxylation is 1. The highest BCUT2D eigenvalue weighted by Gasteiger charge is 2.12. The molecule has 0 aliphatic carbocycles. The lowest BCUT2D eigenvalue weighted by atomic mass is 10.2. The van der Waals surface area contributed by atoms with Crippen molar-refractivity contribution < 1.29 is 9.21 Å². The average Bonchev–Trinajstić information content (AvgIpc) is 3.10. The fourth-order valence-electron chi connectivity index (χ4n) is 2.36. The summed E-state index contributed by atoms with van der Waals surface area (Å²) in [5, 5.41) is 12.0. The normalized spacial score (nSPS) is 11.0. The predicted octanol–water partition coefficient (Wildman–Crippen LogP) is 5.56. The second kappa shape index (κ2) is 7.85. The zero-order valence-electron chi connectivity index (χ0n) is 14.0. The van der Waals surface area contributed by atoms with Gasteiger partial charge in [0.1, 0.15) is 23.2 Å². The largest absolute Gasteiger partial charge is 0.457 e. The van der Waals surface area contributed by atoms with Gasteiger partial charge in [0.05, 0.1) is 0 Å². The number of benzene rings is 2. The van der Waals surface area contributed by atoms with Gasteiger partial charge in [0.15, 0.2) is 0 Å². The van der Waals surface area contributed by atoms with E-state index in [-0.39, 0.29) is 5.57 Å². The van der Waals surface area contributed by atoms with E-state index in [0.29, 0.717) is 17.2 Å². The van der Waals surface area contributed by atoms with Crippen molar-refractivity contribution in [3.8, 4) is 17.4 Å². The highest BCUT2D eigenvalue weighted by atomic mass is 79.9. The lowest BCUT2D eigenvalue weighted by Gasteiger charge is -2.04. The molecule has 0 radical (unpaired) electrons. The molecular weight excluding hydrogens is 392 g/mol. The summed E-state index contributed by atoms with van der Waals surface area (Å²) in [5.41, 5.74) is 2.60. The van der Waals surface area contributed by atoms with Gasteiger partial charge in [-0.3, -0.25) is 4.79 Å². The van der Waals surface area contributed by atoms with Crippen molar-refractivity contribution in [2.75, 3.05) is 5.32 Å². The first kappa shape index (κ1) is 17.7. The number of nitrogens with one attached hydrogen (secondary N) is 1. The zero-order valence-corrected chi connectivity index (χ0v) is 15.6. The van der Waals surface area contributed by atoms with Gasteiger partial charge >= 0.3 is 0 Å².